The van der Waals surface area contributed by atoms with Crippen LogP contribution in [0.2, 0.25) is 0 Å². The van der Waals surface area contributed by atoms with E-state index in [0.29, 0.717) is 12.0 Å². The molecule has 6 nitrogen and oxygen atoms in total. The van der Waals surface area contributed by atoms with Crippen molar-refractivity contribution in [3.63, 3.8) is 0 Å². The summed E-state index contributed by atoms with van der Waals surface area (Å²) in [6, 6.07) is 0. The van der Waals surface area contributed by atoms with Crippen LogP contribution in [0.3, 0.4) is 0 Å². The molecule has 1 saturated carbocycles. The molecule has 5 atom stereocenters. The standard InChI is InChI=1S/C16H16O6/c1-19-15(17)7-3-5-8-9(6-4-7)14-11-10(13(8)21-22-14)12(11)16(18)20-2/h3-5,10-14H,6H2,1-2H3. The van der Waals surface area contributed by atoms with E-state index in [4.69, 9.17) is 19.2 Å². The molecular weight excluding hydrogens is 288 g/mol. The van der Waals surface area contributed by atoms with E-state index in [2.05, 4.69) is 0 Å². The van der Waals surface area contributed by atoms with E-state index >= 15 is 0 Å². The van der Waals surface area contributed by atoms with Crippen LogP contribution in [0, 0.1) is 17.8 Å². The Morgan fingerprint density at radius 3 is 2.55 bits per heavy atom. The Bertz CT molecular complexity index is 643. The van der Waals surface area contributed by atoms with Gasteiger partial charge in [0.1, 0.15) is 12.2 Å². The average molecular weight is 304 g/mol. The lowest BCUT2D eigenvalue weighted by atomic mass is 9.85. The number of methoxy groups -OCH3 is 2. The molecule has 1 saturated heterocycles. The summed E-state index contributed by atoms with van der Waals surface area (Å²) in [5.74, 6) is -0.498. The largest absolute Gasteiger partial charge is 0.469 e. The molecule has 116 valence electrons. The topological polar surface area (TPSA) is 71.1 Å². The van der Waals surface area contributed by atoms with Crippen LogP contribution in [0.15, 0.2) is 34.9 Å². The molecule has 6 heteroatoms. The van der Waals surface area contributed by atoms with Crippen molar-refractivity contribution in [1.82, 2.24) is 0 Å². The highest BCUT2D eigenvalue weighted by atomic mass is 17.2. The molecule has 5 rings (SSSR count). The first-order chi connectivity index (χ1) is 10.7. The van der Waals surface area contributed by atoms with Crippen LogP contribution in [0.5, 0.6) is 0 Å². The summed E-state index contributed by atoms with van der Waals surface area (Å²) >= 11 is 0. The molecule has 2 bridgehead atoms. The van der Waals surface area contributed by atoms with Gasteiger partial charge in [-0.05, 0) is 23.6 Å². The quantitative estimate of drug-likeness (QED) is 0.562. The van der Waals surface area contributed by atoms with Crippen molar-refractivity contribution in [2.24, 2.45) is 17.8 Å². The van der Waals surface area contributed by atoms with Gasteiger partial charge in [0, 0.05) is 11.8 Å². The first-order valence-electron chi connectivity index (χ1n) is 7.26. The van der Waals surface area contributed by atoms with Gasteiger partial charge in [-0.15, -0.1) is 0 Å². The van der Waals surface area contributed by atoms with E-state index in [1.807, 2.05) is 12.2 Å². The van der Waals surface area contributed by atoms with E-state index < -0.39 is 0 Å². The fourth-order valence-corrected chi connectivity index (χ4v) is 3.91. The number of hydrogen-bond donors (Lipinski definition) is 0. The van der Waals surface area contributed by atoms with Gasteiger partial charge in [-0.2, -0.15) is 0 Å². The average Bonchev–Trinajstić information content (AvgIpc) is 3.33. The van der Waals surface area contributed by atoms with Crippen LogP contribution in [0.4, 0.5) is 0 Å². The molecule has 0 amide bonds. The second-order valence-corrected chi connectivity index (χ2v) is 5.91. The summed E-state index contributed by atoms with van der Waals surface area (Å²) in [5, 5.41) is 0. The molecule has 5 aliphatic rings. The SMILES string of the molecule is COC(=O)C1=CCC2=C(C=C1)C1OOC2C2C(C(=O)OC)C12. The minimum absolute atomic E-state index is 0.106. The Morgan fingerprint density at radius 2 is 1.82 bits per heavy atom. The first-order valence-corrected chi connectivity index (χ1v) is 7.26. The van der Waals surface area contributed by atoms with Crippen molar-refractivity contribution < 1.29 is 28.8 Å². The third-order valence-corrected chi connectivity index (χ3v) is 4.99. The van der Waals surface area contributed by atoms with Crippen LogP contribution in [0.25, 0.3) is 0 Å². The Hall–Kier alpha value is -1.92. The van der Waals surface area contributed by atoms with Crippen molar-refractivity contribution in [3.8, 4) is 0 Å². The highest BCUT2D eigenvalue weighted by Crippen LogP contribution is 2.62. The Labute approximate surface area is 127 Å². The lowest BCUT2D eigenvalue weighted by molar-refractivity contribution is -0.370. The molecule has 22 heavy (non-hydrogen) atoms. The third-order valence-electron chi connectivity index (χ3n) is 4.99. The number of ether oxygens (including phenoxy) is 2. The maximum atomic E-state index is 11.9. The summed E-state index contributed by atoms with van der Waals surface area (Å²) in [5.41, 5.74) is 2.62. The molecule has 2 aliphatic heterocycles. The van der Waals surface area contributed by atoms with Crippen LogP contribution in [-0.4, -0.2) is 38.4 Å². The maximum Gasteiger partial charge on any atom is 0.337 e. The Kier molecular flexibility index (Phi) is 2.99. The summed E-state index contributed by atoms with van der Waals surface area (Å²) in [6.07, 6.45) is 5.53. The van der Waals surface area contributed by atoms with Crippen molar-refractivity contribution in [2.45, 2.75) is 18.6 Å². The first kappa shape index (κ1) is 13.7. The molecule has 0 radical (unpaired) electrons. The Balaban J connectivity index is 1.64. The smallest absolute Gasteiger partial charge is 0.337 e. The van der Waals surface area contributed by atoms with Crippen molar-refractivity contribution in [2.75, 3.05) is 14.2 Å². The van der Waals surface area contributed by atoms with Crippen LogP contribution in [-0.2, 0) is 28.8 Å². The van der Waals surface area contributed by atoms with E-state index in [-0.39, 0.29) is 41.9 Å². The van der Waals surface area contributed by atoms with Gasteiger partial charge in [-0.25, -0.2) is 14.6 Å². The maximum absolute atomic E-state index is 11.9. The molecular formula is C16H16O6. The highest BCUT2D eigenvalue weighted by Gasteiger charge is 2.69. The number of hydrogen-bond acceptors (Lipinski definition) is 6. The van der Waals surface area contributed by atoms with E-state index in [9.17, 15) is 9.59 Å². The highest BCUT2D eigenvalue weighted by molar-refractivity contribution is 5.92. The van der Waals surface area contributed by atoms with Gasteiger partial charge in [0.25, 0.3) is 0 Å². The minimum Gasteiger partial charge on any atom is -0.469 e. The van der Waals surface area contributed by atoms with Gasteiger partial charge in [0.2, 0.25) is 0 Å². The molecule has 2 fully saturated rings. The lowest BCUT2D eigenvalue weighted by Gasteiger charge is -2.36. The normalized spacial score (nSPS) is 37.7. The molecule has 5 unspecified atom stereocenters. The van der Waals surface area contributed by atoms with Crippen LogP contribution < -0.4 is 0 Å². The fraction of sp³-hybridized carbons (Fsp3) is 0.500. The zero-order valence-electron chi connectivity index (χ0n) is 12.3. The van der Waals surface area contributed by atoms with E-state index in [1.54, 1.807) is 6.08 Å². The molecule has 2 heterocycles. The van der Waals surface area contributed by atoms with Gasteiger partial charge >= 0.3 is 11.9 Å². The minimum atomic E-state index is -0.358. The van der Waals surface area contributed by atoms with Crippen molar-refractivity contribution in [3.05, 3.63) is 34.9 Å². The van der Waals surface area contributed by atoms with E-state index in [0.717, 1.165) is 11.1 Å². The van der Waals surface area contributed by atoms with Gasteiger partial charge in [0.05, 0.1) is 25.7 Å². The number of allylic oxidation sites excluding steroid dienone is 1. The third kappa shape index (κ3) is 1.74. The molecule has 3 aliphatic carbocycles. The monoisotopic (exact) mass is 304 g/mol. The fourth-order valence-electron chi connectivity index (χ4n) is 3.91. The number of esters is 2. The molecule has 0 aromatic heterocycles. The van der Waals surface area contributed by atoms with Crippen molar-refractivity contribution >= 4 is 11.9 Å². The van der Waals surface area contributed by atoms with Gasteiger partial charge in [-0.3, -0.25) is 4.79 Å². The van der Waals surface area contributed by atoms with Crippen LogP contribution >= 0.6 is 0 Å². The van der Waals surface area contributed by atoms with Gasteiger partial charge in [0.15, 0.2) is 0 Å². The van der Waals surface area contributed by atoms with Gasteiger partial charge < -0.3 is 9.47 Å². The van der Waals surface area contributed by atoms with E-state index in [1.165, 1.54) is 14.2 Å². The number of fused-ring (bicyclic) bond motifs is 1. The second-order valence-electron chi connectivity index (χ2n) is 5.91. The lowest BCUT2D eigenvalue weighted by Crippen LogP contribution is -2.39. The summed E-state index contributed by atoms with van der Waals surface area (Å²) in [6.45, 7) is 0. The molecule has 0 spiro atoms. The van der Waals surface area contributed by atoms with Gasteiger partial charge in [-0.1, -0.05) is 12.2 Å². The zero-order chi connectivity index (χ0) is 15.4. The Morgan fingerprint density at radius 1 is 1.09 bits per heavy atom. The molecule has 0 aromatic carbocycles. The summed E-state index contributed by atoms with van der Waals surface area (Å²) in [7, 11) is 2.77. The number of rotatable bonds is 2. The predicted octanol–water partition coefficient (Wildman–Crippen LogP) is 1.09. The molecule has 0 N–H and O–H groups in total. The zero-order valence-corrected chi connectivity index (χ0v) is 12.3. The number of carbonyl (C=O) groups is 2. The molecule has 0 aromatic rings. The summed E-state index contributed by atoms with van der Waals surface area (Å²) < 4.78 is 9.63. The van der Waals surface area contributed by atoms with Crippen molar-refractivity contribution in [1.29, 1.82) is 0 Å². The predicted molar refractivity (Wildman–Crippen MR) is 73.1 cm³/mol. The summed E-state index contributed by atoms with van der Waals surface area (Å²) in [4.78, 5) is 34.4. The second kappa shape index (κ2) is 4.79. The van der Waals surface area contributed by atoms with Crippen LogP contribution in [0.1, 0.15) is 6.42 Å². The number of carbonyl (C=O) groups excluding carboxylic acids is 2.